The molecule has 3 aromatic rings. The van der Waals surface area contributed by atoms with E-state index in [1.807, 2.05) is 31.2 Å². The van der Waals surface area contributed by atoms with Crippen LogP contribution in [0.25, 0.3) is 10.2 Å². The lowest BCUT2D eigenvalue weighted by Gasteiger charge is -2.15. The van der Waals surface area contributed by atoms with Crippen LogP contribution >= 0.6 is 11.3 Å². The summed E-state index contributed by atoms with van der Waals surface area (Å²) in [6, 6.07) is 10.7. The summed E-state index contributed by atoms with van der Waals surface area (Å²) in [5.41, 5.74) is -0.302. The fraction of sp³-hybridized carbons (Fsp3) is 0.300. The Morgan fingerprint density at radius 2 is 1.80 bits per heavy atom. The van der Waals surface area contributed by atoms with E-state index in [0.717, 1.165) is 46.3 Å². The van der Waals surface area contributed by atoms with Gasteiger partial charge in [-0.3, -0.25) is 20.2 Å². The first-order valence-corrected chi connectivity index (χ1v) is 10.2. The molecule has 9 nitrogen and oxygen atoms in total. The van der Waals surface area contributed by atoms with E-state index >= 15 is 0 Å². The number of rotatable bonds is 9. The Kier molecular flexibility index (Phi) is 6.68. The Bertz CT molecular complexity index is 1030. The highest BCUT2D eigenvalue weighted by Crippen LogP contribution is 2.25. The van der Waals surface area contributed by atoms with Gasteiger partial charge in [-0.1, -0.05) is 19.1 Å². The van der Waals surface area contributed by atoms with Crippen LogP contribution in [0.15, 0.2) is 42.5 Å². The van der Waals surface area contributed by atoms with Crippen LogP contribution in [0.1, 0.15) is 41.6 Å². The fourth-order valence-corrected chi connectivity index (χ4v) is 4.01. The number of nitro benzene ring substituents is 2. The molecule has 0 saturated carbocycles. The normalized spacial score (nSPS) is 11.9. The maximum Gasteiger partial charge on any atom is 0.338 e. The Labute approximate surface area is 175 Å². The van der Waals surface area contributed by atoms with Crippen LogP contribution in [0.3, 0.4) is 0 Å². The smallest absolute Gasteiger partial charge is 0.338 e. The van der Waals surface area contributed by atoms with Crippen molar-refractivity contribution in [3.63, 3.8) is 0 Å². The molecule has 1 aromatic heterocycles. The Morgan fingerprint density at radius 3 is 2.40 bits per heavy atom. The average Bonchev–Trinajstić information content (AvgIpc) is 3.15. The second-order valence-electron chi connectivity index (χ2n) is 6.66. The number of para-hydroxylation sites is 1. The van der Waals surface area contributed by atoms with Crippen LogP contribution in [0.5, 0.6) is 0 Å². The summed E-state index contributed by atoms with van der Waals surface area (Å²) in [4.78, 5) is 37.4. The van der Waals surface area contributed by atoms with Crippen molar-refractivity contribution in [1.29, 1.82) is 0 Å². The number of aryl methyl sites for hydroxylation is 1. The summed E-state index contributed by atoms with van der Waals surface area (Å²) in [6.07, 6.45) is 2.25. The second kappa shape index (κ2) is 9.40. The number of fused-ring (bicyclic) bond motifs is 1. The third-order valence-corrected chi connectivity index (χ3v) is 5.64. The van der Waals surface area contributed by atoms with Crippen molar-refractivity contribution < 1.29 is 19.4 Å². The van der Waals surface area contributed by atoms with Gasteiger partial charge in [-0.25, -0.2) is 9.78 Å². The molecule has 10 heteroatoms. The lowest BCUT2D eigenvalue weighted by molar-refractivity contribution is -0.394. The number of nitro groups is 2. The summed E-state index contributed by atoms with van der Waals surface area (Å²) in [6.45, 7) is 1.87. The SMILES string of the molecule is CCC(CCCc1nc2ccccc2s1)OC(=O)c1cc([N+](=O)[O-])cc([N+](=O)[O-])c1. The van der Waals surface area contributed by atoms with Crippen molar-refractivity contribution in [2.45, 2.75) is 38.7 Å². The summed E-state index contributed by atoms with van der Waals surface area (Å²) < 4.78 is 6.57. The summed E-state index contributed by atoms with van der Waals surface area (Å²) in [5, 5.41) is 23.0. The number of benzene rings is 2. The van der Waals surface area contributed by atoms with Gasteiger partial charge in [0.05, 0.1) is 36.7 Å². The Hall–Kier alpha value is -3.40. The van der Waals surface area contributed by atoms with E-state index in [-0.39, 0.29) is 5.56 Å². The molecule has 1 atom stereocenters. The largest absolute Gasteiger partial charge is 0.459 e. The third kappa shape index (κ3) is 5.15. The van der Waals surface area contributed by atoms with Gasteiger partial charge in [0.2, 0.25) is 0 Å². The molecule has 1 unspecified atom stereocenters. The van der Waals surface area contributed by atoms with Gasteiger partial charge in [0.15, 0.2) is 0 Å². The molecule has 156 valence electrons. The van der Waals surface area contributed by atoms with Crippen molar-refractivity contribution in [2.75, 3.05) is 0 Å². The molecule has 0 spiro atoms. The molecule has 0 aliphatic carbocycles. The van der Waals surface area contributed by atoms with Crippen LogP contribution in [0, 0.1) is 20.2 Å². The number of esters is 1. The first kappa shape index (κ1) is 21.3. The molecule has 2 aromatic carbocycles. The highest BCUT2D eigenvalue weighted by molar-refractivity contribution is 7.18. The molecular formula is C20H19N3O6S. The van der Waals surface area contributed by atoms with Gasteiger partial charge in [-0.2, -0.15) is 0 Å². The van der Waals surface area contributed by atoms with Crippen LogP contribution in [-0.2, 0) is 11.2 Å². The van der Waals surface area contributed by atoms with E-state index in [0.29, 0.717) is 12.8 Å². The van der Waals surface area contributed by atoms with E-state index in [1.165, 1.54) is 0 Å². The first-order chi connectivity index (χ1) is 14.4. The maximum atomic E-state index is 12.4. The lowest BCUT2D eigenvalue weighted by atomic mass is 10.1. The zero-order valence-electron chi connectivity index (χ0n) is 16.1. The zero-order valence-corrected chi connectivity index (χ0v) is 17.0. The average molecular weight is 429 g/mol. The summed E-state index contributed by atoms with van der Waals surface area (Å²) in [7, 11) is 0. The van der Waals surface area contributed by atoms with Crippen LogP contribution in [0.2, 0.25) is 0 Å². The number of non-ortho nitro benzene ring substituents is 2. The second-order valence-corrected chi connectivity index (χ2v) is 7.77. The van der Waals surface area contributed by atoms with Gasteiger partial charge in [-0.15, -0.1) is 11.3 Å². The molecule has 30 heavy (non-hydrogen) atoms. The Balaban J connectivity index is 1.62. The molecule has 0 amide bonds. The van der Waals surface area contributed by atoms with E-state index < -0.39 is 33.3 Å². The molecule has 0 radical (unpaired) electrons. The van der Waals surface area contributed by atoms with Crippen LogP contribution < -0.4 is 0 Å². The molecule has 1 heterocycles. The van der Waals surface area contributed by atoms with Crippen molar-refractivity contribution in [3.8, 4) is 0 Å². The number of hydrogen-bond acceptors (Lipinski definition) is 8. The highest BCUT2D eigenvalue weighted by atomic mass is 32.1. The van der Waals surface area contributed by atoms with Crippen molar-refractivity contribution in [3.05, 3.63) is 73.3 Å². The van der Waals surface area contributed by atoms with Crippen LogP contribution in [-0.4, -0.2) is 26.9 Å². The van der Waals surface area contributed by atoms with Crippen molar-refractivity contribution in [1.82, 2.24) is 4.98 Å². The predicted molar refractivity (Wildman–Crippen MR) is 112 cm³/mol. The van der Waals surface area contributed by atoms with E-state index in [2.05, 4.69) is 4.98 Å². The van der Waals surface area contributed by atoms with Gasteiger partial charge in [-0.05, 0) is 37.8 Å². The third-order valence-electron chi connectivity index (χ3n) is 4.54. The lowest BCUT2D eigenvalue weighted by Crippen LogP contribution is -2.18. The number of aromatic nitrogens is 1. The fourth-order valence-electron chi connectivity index (χ4n) is 3.00. The minimum atomic E-state index is -0.811. The van der Waals surface area contributed by atoms with Gasteiger partial charge >= 0.3 is 5.97 Å². The summed E-state index contributed by atoms with van der Waals surface area (Å²) >= 11 is 1.63. The molecule has 0 saturated heterocycles. The van der Waals surface area contributed by atoms with Gasteiger partial charge in [0.25, 0.3) is 11.4 Å². The predicted octanol–water partition coefficient (Wildman–Crippen LogP) is 5.07. The van der Waals surface area contributed by atoms with Crippen molar-refractivity contribution >= 4 is 38.9 Å². The minimum absolute atomic E-state index is 0.208. The number of nitrogens with zero attached hydrogens (tertiary/aromatic N) is 3. The molecule has 0 aliphatic heterocycles. The zero-order chi connectivity index (χ0) is 21.7. The number of carbonyl (C=O) groups is 1. The van der Waals surface area contributed by atoms with E-state index in [1.54, 1.807) is 11.3 Å². The monoisotopic (exact) mass is 429 g/mol. The van der Waals surface area contributed by atoms with Gasteiger partial charge in [0, 0.05) is 12.1 Å². The molecule has 0 bridgehead atoms. The van der Waals surface area contributed by atoms with Crippen LogP contribution in [0.4, 0.5) is 11.4 Å². The standard InChI is InChI=1S/C20H19N3O6S/c1-2-16(6-5-9-19-21-17-7-3-4-8-18(17)30-19)29-20(24)13-10-14(22(25)26)12-15(11-13)23(27)28/h3-4,7-8,10-12,16H,2,5-6,9H2,1H3. The van der Waals surface area contributed by atoms with Gasteiger partial charge in [0.1, 0.15) is 6.10 Å². The number of ether oxygens (including phenoxy) is 1. The van der Waals surface area contributed by atoms with E-state index in [9.17, 15) is 25.0 Å². The quantitative estimate of drug-likeness (QED) is 0.264. The maximum absolute atomic E-state index is 12.4. The number of carbonyl (C=O) groups excluding carboxylic acids is 1. The number of thiazole rings is 1. The Morgan fingerprint density at radius 1 is 1.13 bits per heavy atom. The van der Waals surface area contributed by atoms with Crippen molar-refractivity contribution in [2.24, 2.45) is 0 Å². The topological polar surface area (TPSA) is 125 Å². The van der Waals surface area contributed by atoms with E-state index in [4.69, 9.17) is 4.74 Å². The molecule has 0 fully saturated rings. The molecular weight excluding hydrogens is 410 g/mol. The van der Waals surface area contributed by atoms with Gasteiger partial charge < -0.3 is 4.74 Å². The number of hydrogen-bond donors (Lipinski definition) is 0. The first-order valence-electron chi connectivity index (χ1n) is 9.36. The minimum Gasteiger partial charge on any atom is -0.459 e. The molecule has 0 aliphatic rings. The summed E-state index contributed by atoms with van der Waals surface area (Å²) in [5.74, 6) is -0.811. The highest BCUT2D eigenvalue weighted by Gasteiger charge is 2.22. The molecule has 3 rings (SSSR count). The molecule has 0 N–H and O–H groups in total.